The molecule has 5 heteroatoms. The molecule has 0 saturated carbocycles. The highest BCUT2D eigenvalue weighted by molar-refractivity contribution is 5.81. The molecule has 5 nitrogen and oxygen atoms in total. The number of aromatic amines is 1. The standard InChI is InChI=1S/C17H20N4O/c1-21(2)8-3-9-22-16-5-4-14(11-19-16)15-10-13-6-7-18-17(13)20-12-15/h4-7,10-12H,3,8-9H2,1-2H3,(H,18,20). The topological polar surface area (TPSA) is 54.0 Å². The van der Waals surface area contributed by atoms with Crippen molar-refractivity contribution in [2.24, 2.45) is 0 Å². The highest BCUT2D eigenvalue weighted by Gasteiger charge is 2.03. The first-order valence-electron chi connectivity index (χ1n) is 7.39. The van der Waals surface area contributed by atoms with E-state index >= 15 is 0 Å². The summed E-state index contributed by atoms with van der Waals surface area (Å²) in [5, 5.41) is 1.10. The highest BCUT2D eigenvalue weighted by Crippen LogP contribution is 2.22. The third kappa shape index (κ3) is 3.43. The number of nitrogens with zero attached hydrogens (tertiary/aromatic N) is 3. The van der Waals surface area contributed by atoms with Gasteiger partial charge in [-0.3, -0.25) is 0 Å². The quantitative estimate of drug-likeness (QED) is 0.711. The summed E-state index contributed by atoms with van der Waals surface area (Å²) in [6, 6.07) is 8.05. The molecule has 0 saturated heterocycles. The summed E-state index contributed by atoms with van der Waals surface area (Å²) in [5.41, 5.74) is 2.99. The van der Waals surface area contributed by atoms with Gasteiger partial charge < -0.3 is 14.6 Å². The van der Waals surface area contributed by atoms with Crippen molar-refractivity contribution in [1.29, 1.82) is 0 Å². The van der Waals surface area contributed by atoms with Crippen LogP contribution in [0.1, 0.15) is 6.42 Å². The molecular weight excluding hydrogens is 276 g/mol. The second kappa shape index (κ2) is 6.58. The molecule has 0 fully saturated rings. The number of nitrogens with one attached hydrogen (secondary N) is 1. The lowest BCUT2D eigenvalue weighted by Crippen LogP contribution is -2.15. The number of rotatable bonds is 6. The van der Waals surface area contributed by atoms with Crippen molar-refractivity contribution >= 4 is 11.0 Å². The molecular formula is C17H20N4O. The first-order valence-corrected chi connectivity index (χ1v) is 7.39. The monoisotopic (exact) mass is 296 g/mol. The molecule has 0 aliphatic heterocycles. The molecule has 0 radical (unpaired) electrons. The predicted octanol–water partition coefficient (Wildman–Crippen LogP) is 2.96. The average Bonchev–Trinajstić information content (AvgIpc) is 2.99. The maximum absolute atomic E-state index is 5.65. The van der Waals surface area contributed by atoms with Crippen LogP contribution in [0.4, 0.5) is 0 Å². The van der Waals surface area contributed by atoms with Gasteiger partial charge in [0.1, 0.15) is 5.65 Å². The SMILES string of the molecule is CN(C)CCCOc1ccc(-c2cnc3[nH]ccc3c2)cn1. The van der Waals surface area contributed by atoms with E-state index in [4.69, 9.17) is 4.74 Å². The van der Waals surface area contributed by atoms with Gasteiger partial charge in [0.25, 0.3) is 0 Å². The van der Waals surface area contributed by atoms with Crippen LogP contribution >= 0.6 is 0 Å². The number of hydrogen-bond acceptors (Lipinski definition) is 4. The first kappa shape index (κ1) is 14.5. The average molecular weight is 296 g/mol. The molecule has 0 atom stereocenters. The number of fused-ring (bicyclic) bond motifs is 1. The van der Waals surface area contributed by atoms with Crippen molar-refractivity contribution in [3.05, 3.63) is 42.9 Å². The minimum atomic E-state index is 0.665. The van der Waals surface area contributed by atoms with Crippen LogP contribution in [-0.4, -0.2) is 47.1 Å². The van der Waals surface area contributed by atoms with Crippen molar-refractivity contribution in [2.45, 2.75) is 6.42 Å². The summed E-state index contributed by atoms with van der Waals surface area (Å²) in [7, 11) is 4.12. The molecule has 0 spiro atoms. The zero-order valence-electron chi connectivity index (χ0n) is 12.9. The largest absolute Gasteiger partial charge is 0.478 e. The van der Waals surface area contributed by atoms with Gasteiger partial charge in [-0.2, -0.15) is 0 Å². The normalized spacial score (nSPS) is 11.2. The Labute approximate surface area is 130 Å². The Kier molecular flexibility index (Phi) is 4.34. The van der Waals surface area contributed by atoms with Gasteiger partial charge in [-0.05, 0) is 38.7 Å². The molecule has 0 aromatic carbocycles. The lowest BCUT2D eigenvalue weighted by molar-refractivity contribution is 0.273. The van der Waals surface area contributed by atoms with E-state index in [-0.39, 0.29) is 0 Å². The summed E-state index contributed by atoms with van der Waals surface area (Å²) in [6.07, 6.45) is 6.57. The van der Waals surface area contributed by atoms with E-state index in [1.165, 1.54) is 0 Å². The predicted molar refractivity (Wildman–Crippen MR) is 88.0 cm³/mol. The zero-order valence-corrected chi connectivity index (χ0v) is 12.9. The van der Waals surface area contributed by atoms with Crippen LogP contribution in [0.3, 0.4) is 0 Å². The molecule has 3 aromatic rings. The second-order valence-corrected chi connectivity index (χ2v) is 5.53. The number of hydrogen-bond donors (Lipinski definition) is 1. The van der Waals surface area contributed by atoms with Gasteiger partial charge in [0.05, 0.1) is 6.61 Å². The van der Waals surface area contributed by atoms with E-state index < -0.39 is 0 Å². The van der Waals surface area contributed by atoms with Crippen molar-refractivity contribution < 1.29 is 4.74 Å². The summed E-state index contributed by atoms with van der Waals surface area (Å²) < 4.78 is 5.65. The number of ether oxygens (including phenoxy) is 1. The first-order chi connectivity index (χ1) is 10.7. The van der Waals surface area contributed by atoms with Crippen LogP contribution in [0, 0.1) is 0 Å². The van der Waals surface area contributed by atoms with E-state index in [2.05, 4.69) is 40.0 Å². The highest BCUT2D eigenvalue weighted by atomic mass is 16.5. The third-order valence-corrected chi connectivity index (χ3v) is 3.47. The molecule has 3 rings (SSSR count). The molecule has 22 heavy (non-hydrogen) atoms. The van der Waals surface area contributed by atoms with Crippen LogP contribution in [0.5, 0.6) is 5.88 Å². The maximum atomic E-state index is 5.65. The van der Waals surface area contributed by atoms with E-state index in [0.717, 1.165) is 35.1 Å². The number of pyridine rings is 2. The summed E-state index contributed by atoms with van der Waals surface area (Å²) in [5.74, 6) is 0.665. The molecule has 0 bridgehead atoms. The second-order valence-electron chi connectivity index (χ2n) is 5.53. The van der Waals surface area contributed by atoms with Gasteiger partial charge >= 0.3 is 0 Å². The van der Waals surface area contributed by atoms with Crippen LogP contribution in [0.25, 0.3) is 22.2 Å². The van der Waals surface area contributed by atoms with Gasteiger partial charge in [-0.1, -0.05) is 0 Å². The Morgan fingerprint density at radius 2 is 1.95 bits per heavy atom. The van der Waals surface area contributed by atoms with Crippen molar-refractivity contribution in [2.75, 3.05) is 27.2 Å². The molecule has 0 amide bonds. The third-order valence-electron chi connectivity index (χ3n) is 3.47. The van der Waals surface area contributed by atoms with Gasteiger partial charge in [0.2, 0.25) is 5.88 Å². The molecule has 0 aliphatic carbocycles. The fourth-order valence-electron chi connectivity index (χ4n) is 2.29. The molecule has 0 aliphatic rings. The number of H-pyrrole nitrogens is 1. The molecule has 3 aromatic heterocycles. The van der Waals surface area contributed by atoms with Crippen LogP contribution in [-0.2, 0) is 0 Å². The fourth-order valence-corrected chi connectivity index (χ4v) is 2.29. The summed E-state index contributed by atoms with van der Waals surface area (Å²) in [4.78, 5) is 14.0. The maximum Gasteiger partial charge on any atom is 0.213 e. The number of aromatic nitrogens is 3. The minimum Gasteiger partial charge on any atom is -0.478 e. The van der Waals surface area contributed by atoms with Gasteiger partial charge in [-0.25, -0.2) is 9.97 Å². The smallest absolute Gasteiger partial charge is 0.213 e. The van der Waals surface area contributed by atoms with Crippen molar-refractivity contribution in [1.82, 2.24) is 19.9 Å². The minimum absolute atomic E-state index is 0.665. The molecule has 1 N–H and O–H groups in total. The van der Waals surface area contributed by atoms with E-state index in [1.807, 2.05) is 36.8 Å². The molecule has 3 heterocycles. The molecule has 0 unspecified atom stereocenters. The van der Waals surface area contributed by atoms with Gasteiger partial charge in [0.15, 0.2) is 0 Å². The zero-order chi connectivity index (χ0) is 15.4. The van der Waals surface area contributed by atoms with E-state index in [0.29, 0.717) is 12.5 Å². The Bertz CT molecular complexity index is 734. The summed E-state index contributed by atoms with van der Waals surface area (Å²) >= 11 is 0. The lowest BCUT2D eigenvalue weighted by Gasteiger charge is -2.10. The van der Waals surface area contributed by atoms with Crippen LogP contribution in [0.2, 0.25) is 0 Å². The van der Waals surface area contributed by atoms with Crippen molar-refractivity contribution in [3.8, 4) is 17.0 Å². The Morgan fingerprint density at radius 1 is 1.09 bits per heavy atom. The Balaban J connectivity index is 1.65. The Hall–Kier alpha value is -2.40. The fraction of sp³-hybridized carbons (Fsp3) is 0.294. The van der Waals surface area contributed by atoms with Gasteiger partial charge in [-0.15, -0.1) is 0 Å². The lowest BCUT2D eigenvalue weighted by atomic mass is 10.1. The van der Waals surface area contributed by atoms with Crippen LogP contribution in [0.15, 0.2) is 42.9 Å². The Morgan fingerprint density at radius 3 is 2.73 bits per heavy atom. The van der Waals surface area contributed by atoms with Gasteiger partial charge in [0, 0.05) is 47.7 Å². The van der Waals surface area contributed by atoms with E-state index in [1.54, 1.807) is 0 Å². The van der Waals surface area contributed by atoms with Crippen LogP contribution < -0.4 is 4.74 Å². The van der Waals surface area contributed by atoms with Crippen molar-refractivity contribution in [3.63, 3.8) is 0 Å². The molecule has 114 valence electrons. The van der Waals surface area contributed by atoms with E-state index in [9.17, 15) is 0 Å². The summed E-state index contributed by atoms with van der Waals surface area (Å²) in [6.45, 7) is 1.70.